The molecule has 5 nitrogen and oxygen atoms in total. The van der Waals surface area contributed by atoms with Gasteiger partial charge >= 0.3 is 5.97 Å². The Labute approximate surface area is 174 Å². The average Bonchev–Trinajstić information content (AvgIpc) is 2.68. The molecule has 0 aliphatic rings. The minimum atomic E-state index is -0.660. The van der Waals surface area contributed by atoms with E-state index in [1.54, 1.807) is 7.11 Å². The third kappa shape index (κ3) is 25.4. The van der Waals surface area contributed by atoms with E-state index in [0.29, 0.717) is 19.6 Å². The summed E-state index contributed by atoms with van der Waals surface area (Å²) < 4.78 is 10.3. The van der Waals surface area contributed by atoms with Gasteiger partial charge in [0, 0.05) is 20.1 Å². The van der Waals surface area contributed by atoms with Crippen LogP contribution in [0.15, 0.2) is 0 Å². The van der Waals surface area contributed by atoms with Crippen LogP contribution in [0, 0.1) is 0 Å². The quantitative estimate of drug-likeness (QED) is 0.207. The second-order valence-electron chi connectivity index (χ2n) is 7.80. The van der Waals surface area contributed by atoms with Gasteiger partial charge in [-0.3, -0.25) is 4.79 Å². The van der Waals surface area contributed by atoms with E-state index in [1.165, 1.54) is 83.5 Å². The van der Waals surface area contributed by atoms with Gasteiger partial charge in [-0.2, -0.15) is 0 Å². The van der Waals surface area contributed by atoms with Crippen LogP contribution >= 0.6 is 0 Å². The second kappa shape index (κ2) is 24.4. The maximum Gasteiger partial charge on any atom is 0.303 e. The van der Waals surface area contributed by atoms with E-state index in [-0.39, 0.29) is 0 Å². The first-order valence-electron chi connectivity index (χ1n) is 11.8. The van der Waals surface area contributed by atoms with Crippen LogP contribution in [0.1, 0.15) is 103 Å². The Kier molecular flexibility index (Phi) is 23.8. The molecule has 0 rings (SSSR count). The lowest BCUT2D eigenvalue weighted by molar-refractivity contribution is -0.137. The number of ether oxygens (including phenoxy) is 2. The fraction of sp³-hybridized carbons (Fsp3) is 0.957. The molecule has 5 heteroatoms. The normalized spacial score (nSPS) is 11.2. The van der Waals surface area contributed by atoms with Crippen molar-refractivity contribution in [3.63, 3.8) is 0 Å². The van der Waals surface area contributed by atoms with Gasteiger partial charge in [0.25, 0.3) is 0 Å². The smallest absolute Gasteiger partial charge is 0.303 e. The number of carbonyl (C=O) groups is 1. The van der Waals surface area contributed by atoms with E-state index < -0.39 is 5.97 Å². The van der Waals surface area contributed by atoms with Crippen LogP contribution in [-0.4, -0.2) is 51.1 Å². The predicted octanol–water partition coefficient (Wildman–Crippen LogP) is 5.57. The van der Waals surface area contributed by atoms with E-state index in [1.807, 2.05) is 0 Å². The Morgan fingerprint density at radius 1 is 0.643 bits per heavy atom. The maximum atomic E-state index is 10.4. The molecule has 0 aliphatic carbocycles. The van der Waals surface area contributed by atoms with Gasteiger partial charge in [0.05, 0.1) is 19.8 Å². The summed E-state index contributed by atoms with van der Waals surface area (Å²) in [6.45, 7) is 4.18. The number of unbranched alkanes of at least 4 members (excludes halogenated alkanes) is 14. The molecule has 0 bridgehead atoms. The summed E-state index contributed by atoms with van der Waals surface area (Å²) in [6, 6.07) is 0. The molecule has 0 aromatic rings. The standard InChI is InChI=1S/C23H47NO4/c1-27-21-22-28-20-19-24-18-16-14-12-10-8-6-4-2-3-5-7-9-11-13-15-17-23(25)26/h24H,2-22H2,1H3,(H,25,26). The SMILES string of the molecule is COCCOCCNCCCCCCCCCCCCCCCCCC(=O)O. The van der Waals surface area contributed by atoms with Crippen molar-refractivity contribution >= 4 is 5.97 Å². The molecule has 0 fully saturated rings. The highest BCUT2D eigenvalue weighted by atomic mass is 16.5. The molecule has 0 amide bonds. The number of nitrogens with one attached hydrogen (secondary N) is 1. The zero-order valence-electron chi connectivity index (χ0n) is 18.5. The van der Waals surface area contributed by atoms with E-state index >= 15 is 0 Å². The number of carboxylic acids is 1. The summed E-state index contributed by atoms with van der Waals surface area (Å²) >= 11 is 0. The van der Waals surface area contributed by atoms with Gasteiger partial charge in [-0.15, -0.1) is 0 Å². The first kappa shape index (κ1) is 27.4. The molecule has 2 N–H and O–H groups in total. The second-order valence-corrected chi connectivity index (χ2v) is 7.80. The molecular weight excluding hydrogens is 354 g/mol. The number of hydrogen-bond donors (Lipinski definition) is 2. The summed E-state index contributed by atoms with van der Waals surface area (Å²) in [7, 11) is 1.70. The predicted molar refractivity (Wildman–Crippen MR) is 117 cm³/mol. The Hall–Kier alpha value is -0.650. The number of rotatable bonds is 24. The lowest BCUT2D eigenvalue weighted by Gasteiger charge is -2.06. The van der Waals surface area contributed by atoms with Crippen molar-refractivity contribution in [2.24, 2.45) is 0 Å². The van der Waals surface area contributed by atoms with Crippen molar-refractivity contribution in [1.29, 1.82) is 0 Å². The summed E-state index contributed by atoms with van der Waals surface area (Å²) in [6.07, 6.45) is 19.7. The molecule has 0 saturated heterocycles. The van der Waals surface area contributed by atoms with Crippen LogP contribution in [-0.2, 0) is 14.3 Å². The van der Waals surface area contributed by atoms with E-state index in [2.05, 4.69) is 5.32 Å². The first-order valence-corrected chi connectivity index (χ1v) is 11.8. The van der Waals surface area contributed by atoms with Crippen LogP contribution < -0.4 is 5.32 Å². The summed E-state index contributed by atoms with van der Waals surface area (Å²) in [5.74, 6) is -0.660. The lowest BCUT2D eigenvalue weighted by atomic mass is 10.0. The molecule has 0 aliphatic heterocycles. The Morgan fingerprint density at radius 3 is 1.57 bits per heavy atom. The highest BCUT2D eigenvalue weighted by Crippen LogP contribution is 2.13. The van der Waals surface area contributed by atoms with Crippen molar-refractivity contribution in [3.8, 4) is 0 Å². The van der Waals surface area contributed by atoms with Crippen molar-refractivity contribution in [2.45, 2.75) is 103 Å². The number of methoxy groups -OCH3 is 1. The monoisotopic (exact) mass is 401 g/mol. The van der Waals surface area contributed by atoms with Gasteiger partial charge in [-0.1, -0.05) is 83.5 Å². The minimum Gasteiger partial charge on any atom is -0.481 e. The molecule has 0 aromatic heterocycles. The molecule has 0 spiro atoms. The summed E-state index contributed by atoms with van der Waals surface area (Å²) in [5.41, 5.74) is 0. The van der Waals surface area contributed by atoms with Gasteiger partial charge in [0.1, 0.15) is 0 Å². The summed E-state index contributed by atoms with van der Waals surface area (Å²) in [4.78, 5) is 10.4. The van der Waals surface area contributed by atoms with Crippen LogP contribution in [0.2, 0.25) is 0 Å². The topological polar surface area (TPSA) is 67.8 Å². The fourth-order valence-corrected chi connectivity index (χ4v) is 3.34. The fourth-order valence-electron chi connectivity index (χ4n) is 3.34. The highest BCUT2D eigenvalue weighted by molar-refractivity contribution is 5.66. The van der Waals surface area contributed by atoms with E-state index in [9.17, 15) is 4.79 Å². The lowest BCUT2D eigenvalue weighted by Crippen LogP contribution is -2.21. The highest BCUT2D eigenvalue weighted by Gasteiger charge is 1.97. The van der Waals surface area contributed by atoms with Gasteiger partial charge in [0.2, 0.25) is 0 Å². The van der Waals surface area contributed by atoms with Crippen LogP contribution in [0.5, 0.6) is 0 Å². The molecule has 168 valence electrons. The number of carboxylic acid groups (broad SMARTS) is 1. The molecule has 28 heavy (non-hydrogen) atoms. The summed E-state index contributed by atoms with van der Waals surface area (Å²) in [5, 5.41) is 12.0. The largest absolute Gasteiger partial charge is 0.481 e. The molecule has 0 unspecified atom stereocenters. The molecule has 0 aromatic carbocycles. The number of hydrogen-bond acceptors (Lipinski definition) is 4. The molecule has 0 heterocycles. The van der Waals surface area contributed by atoms with Crippen molar-refractivity contribution < 1.29 is 19.4 Å². The van der Waals surface area contributed by atoms with Crippen LogP contribution in [0.4, 0.5) is 0 Å². The van der Waals surface area contributed by atoms with Gasteiger partial charge in [-0.25, -0.2) is 0 Å². The van der Waals surface area contributed by atoms with Crippen molar-refractivity contribution in [1.82, 2.24) is 5.32 Å². The Balaban J connectivity index is 2.99. The Bertz CT molecular complexity index is 313. The van der Waals surface area contributed by atoms with Crippen molar-refractivity contribution in [3.05, 3.63) is 0 Å². The zero-order valence-corrected chi connectivity index (χ0v) is 18.5. The van der Waals surface area contributed by atoms with Gasteiger partial charge in [-0.05, 0) is 19.4 Å². The zero-order chi connectivity index (χ0) is 20.5. The van der Waals surface area contributed by atoms with Crippen LogP contribution in [0.3, 0.4) is 0 Å². The molecule has 0 saturated carbocycles. The molecular formula is C23H47NO4. The van der Waals surface area contributed by atoms with E-state index in [4.69, 9.17) is 14.6 Å². The first-order chi connectivity index (χ1) is 13.8. The van der Waals surface area contributed by atoms with Crippen LogP contribution in [0.25, 0.3) is 0 Å². The van der Waals surface area contributed by atoms with E-state index in [0.717, 1.165) is 32.5 Å². The minimum absolute atomic E-state index is 0.335. The average molecular weight is 402 g/mol. The third-order valence-electron chi connectivity index (χ3n) is 5.10. The molecule has 0 atom stereocenters. The van der Waals surface area contributed by atoms with Crippen molar-refractivity contribution in [2.75, 3.05) is 40.0 Å². The van der Waals surface area contributed by atoms with Gasteiger partial charge in [0.15, 0.2) is 0 Å². The van der Waals surface area contributed by atoms with Gasteiger partial charge < -0.3 is 19.9 Å². The maximum absolute atomic E-state index is 10.4. The molecule has 0 radical (unpaired) electrons. The number of aliphatic carboxylic acids is 1. The Morgan fingerprint density at radius 2 is 1.11 bits per heavy atom. The third-order valence-corrected chi connectivity index (χ3v) is 5.10.